The van der Waals surface area contributed by atoms with Gasteiger partial charge in [0.15, 0.2) is 16.4 Å². The van der Waals surface area contributed by atoms with Crippen molar-refractivity contribution in [2.75, 3.05) is 25.2 Å². The number of hydrogen-bond donors (Lipinski definition) is 0. The van der Waals surface area contributed by atoms with Gasteiger partial charge >= 0.3 is 0 Å². The number of benzene rings is 1. The van der Waals surface area contributed by atoms with Crippen LogP contribution in [0.2, 0.25) is 0 Å². The quantitative estimate of drug-likeness (QED) is 0.841. The van der Waals surface area contributed by atoms with E-state index in [1.807, 2.05) is 32.0 Å². The van der Waals surface area contributed by atoms with Crippen LogP contribution in [0.3, 0.4) is 0 Å². The predicted molar refractivity (Wildman–Crippen MR) is 81.2 cm³/mol. The molecule has 0 spiro atoms. The number of rotatable bonds is 4. The third kappa shape index (κ3) is 3.97. The van der Waals surface area contributed by atoms with Crippen molar-refractivity contribution < 1.29 is 17.9 Å². The van der Waals surface area contributed by atoms with E-state index in [0.29, 0.717) is 12.2 Å². The fourth-order valence-electron chi connectivity index (χ4n) is 2.34. The van der Waals surface area contributed by atoms with Crippen LogP contribution in [-0.2, 0) is 14.6 Å². The van der Waals surface area contributed by atoms with Crippen LogP contribution < -0.4 is 4.74 Å². The van der Waals surface area contributed by atoms with E-state index in [0.717, 1.165) is 5.56 Å². The monoisotopic (exact) mass is 311 g/mol. The molecular formula is C15H21NO4S. The van der Waals surface area contributed by atoms with E-state index in [2.05, 4.69) is 0 Å². The van der Waals surface area contributed by atoms with Crippen LogP contribution in [0.15, 0.2) is 18.2 Å². The van der Waals surface area contributed by atoms with Crippen LogP contribution in [0.1, 0.15) is 17.5 Å². The van der Waals surface area contributed by atoms with Crippen LogP contribution in [-0.4, -0.2) is 50.4 Å². The van der Waals surface area contributed by atoms with Crippen LogP contribution in [0.5, 0.6) is 5.75 Å². The van der Waals surface area contributed by atoms with Gasteiger partial charge < -0.3 is 9.64 Å². The van der Waals surface area contributed by atoms with E-state index < -0.39 is 9.84 Å². The number of likely N-dealkylation sites (N-methyl/N-ethyl adjacent to an activating group) is 1. The van der Waals surface area contributed by atoms with Crippen molar-refractivity contribution in [2.24, 2.45) is 0 Å². The summed E-state index contributed by atoms with van der Waals surface area (Å²) in [4.78, 5) is 13.6. The van der Waals surface area contributed by atoms with Gasteiger partial charge in [0.25, 0.3) is 5.91 Å². The molecule has 1 aliphatic heterocycles. The molecule has 0 radical (unpaired) electrons. The summed E-state index contributed by atoms with van der Waals surface area (Å²) in [6.45, 7) is 3.92. The molecule has 21 heavy (non-hydrogen) atoms. The van der Waals surface area contributed by atoms with Crippen molar-refractivity contribution >= 4 is 15.7 Å². The SMILES string of the molecule is Cc1ccc(OCC(=O)N(C)C2CCS(=O)(=O)C2)cc1C. The van der Waals surface area contributed by atoms with Gasteiger partial charge in [-0.1, -0.05) is 6.07 Å². The first-order chi connectivity index (χ1) is 9.78. The minimum atomic E-state index is -2.99. The maximum atomic E-state index is 12.1. The Kier molecular flexibility index (Phi) is 4.56. The predicted octanol–water partition coefficient (Wildman–Crippen LogP) is 1.33. The third-order valence-electron chi connectivity index (χ3n) is 3.99. The number of carbonyl (C=O) groups is 1. The highest BCUT2D eigenvalue weighted by molar-refractivity contribution is 7.91. The van der Waals surface area contributed by atoms with E-state index in [9.17, 15) is 13.2 Å². The molecule has 0 bridgehead atoms. The van der Waals surface area contributed by atoms with Gasteiger partial charge in [0.2, 0.25) is 0 Å². The maximum absolute atomic E-state index is 12.1. The van der Waals surface area contributed by atoms with Gasteiger partial charge in [-0.3, -0.25) is 4.79 Å². The Labute approximate surface area is 125 Å². The third-order valence-corrected chi connectivity index (χ3v) is 5.74. The molecule has 1 unspecified atom stereocenters. The molecule has 1 aromatic rings. The molecular weight excluding hydrogens is 290 g/mol. The van der Waals surface area contributed by atoms with Crippen LogP contribution >= 0.6 is 0 Å². The number of hydrogen-bond acceptors (Lipinski definition) is 4. The highest BCUT2D eigenvalue weighted by Gasteiger charge is 2.32. The summed E-state index contributed by atoms with van der Waals surface area (Å²) in [5, 5.41) is 0. The second kappa shape index (κ2) is 6.05. The molecule has 5 nitrogen and oxygen atoms in total. The fourth-order valence-corrected chi connectivity index (χ4v) is 4.11. The fraction of sp³-hybridized carbons (Fsp3) is 0.533. The standard InChI is InChI=1S/C15H21NO4S/c1-11-4-5-14(8-12(11)2)20-9-15(17)16(3)13-6-7-21(18,19)10-13/h4-5,8,13H,6-7,9-10H2,1-3H3. The van der Waals surface area contributed by atoms with Gasteiger partial charge in [0.05, 0.1) is 11.5 Å². The minimum Gasteiger partial charge on any atom is -0.484 e. The van der Waals surface area contributed by atoms with E-state index in [1.165, 1.54) is 10.5 Å². The summed E-state index contributed by atoms with van der Waals surface area (Å²) in [5.74, 6) is 0.667. The molecule has 1 fully saturated rings. The lowest BCUT2D eigenvalue weighted by Crippen LogP contribution is -2.40. The molecule has 0 aromatic heterocycles. The number of sulfone groups is 1. The normalized spacial score (nSPS) is 20.2. The second-order valence-electron chi connectivity index (χ2n) is 5.60. The average molecular weight is 311 g/mol. The molecule has 1 heterocycles. The van der Waals surface area contributed by atoms with E-state index in [4.69, 9.17) is 4.74 Å². The lowest BCUT2D eigenvalue weighted by Gasteiger charge is -2.23. The smallest absolute Gasteiger partial charge is 0.260 e. The summed E-state index contributed by atoms with van der Waals surface area (Å²) in [5.41, 5.74) is 2.28. The average Bonchev–Trinajstić information content (AvgIpc) is 2.79. The van der Waals surface area contributed by atoms with Crippen molar-refractivity contribution in [3.8, 4) is 5.75 Å². The minimum absolute atomic E-state index is 0.0544. The van der Waals surface area contributed by atoms with Crippen molar-refractivity contribution in [1.82, 2.24) is 4.90 Å². The largest absolute Gasteiger partial charge is 0.484 e. The van der Waals surface area contributed by atoms with Crippen LogP contribution in [0.25, 0.3) is 0 Å². The zero-order valence-electron chi connectivity index (χ0n) is 12.6. The van der Waals surface area contributed by atoms with Crippen molar-refractivity contribution in [1.29, 1.82) is 0 Å². The van der Waals surface area contributed by atoms with Crippen LogP contribution in [0, 0.1) is 13.8 Å². The maximum Gasteiger partial charge on any atom is 0.260 e. The summed E-state index contributed by atoms with van der Waals surface area (Å²) in [6.07, 6.45) is 0.508. The Morgan fingerprint density at radius 3 is 2.62 bits per heavy atom. The molecule has 1 aromatic carbocycles. The lowest BCUT2D eigenvalue weighted by molar-refractivity contribution is -0.133. The van der Waals surface area contributed by atoms with E-state index in [1.54, 1.807) is 7.05 Å². The Hall–Kier alpha value is -1.56. The van der Waals surface area contributed by atoms with E-state index >= 15 is 0 Å². The summed E-state index contributed by atoms with van der Waals surface area (Å²) in [6, 6.07) is 5.44. The Bertz CT molecular complexity index is 639. The molecule has 0 saturated carbocycles. The highest BCUT2D eigenvalue weighted by atomic mass is 32.2. The van der Waals surface area contributed by atoms with Gasteiger partial charge in [-0.15, -0.1) is 0 Å². The van der Waals surface area contributed by atoms with Crippen LogP contribution in [0.4, 0.5) is 0 Å². The Balaban J connectivity index is 1.91. The molecule has 1 amide bonds. The number of carbonyl (C=O) groups excluding carboxylic acids is 1. The summed E-state index contributed by atoms with van der Waals surface area (Å²) < 4.78 is 28.4. The van der Waals surface area contributed by atoms with E-state index in [-0.39, 0.29) is 30.1 Å². The summed E-state index contributed by atoms with van der Waals surface area (Å²) >= 11 is 0. The van der Waals surface area contributed by atoms with Crippen molar-refractivity contribution in [3.05, 3.63) is 29.3 Å². The zero-order valence-corrected chi connectivity index (χ0v) is 13.4. The number of aryl methyl sites for hydroxylation is 2. The second-order valence-corrected chi connectivity index (χ2v) is 7.82. The molecule has 1 saturated heterocycles. The number of nitrogens with zero attached hydrogens (tertiary/aromatic N) is 1. The van der Waals surface area contributed by atoms with Gasteiger partial charge in [-0.05, 0) is 43.5 Å². The molecule has 0 aliphatic carbocycles. The Morgan fingerprint density at radius 1 is 1.33 bits per heavy atom. The molecule has 1 aliphatic rings. The molecule has 0 N–H and O–H groups in total. The zero-order chi connectivity index (χ0) is 15.6. The topological polar surface area (TPSA) is 63.7 Å². The van der Waals surface area contributed by atoms with Gasteiger partial charge in [-0.2, -0.15) is 0 Å². The molecule has 116 valence electrons. The van der Waals surface area contributed by atoms with Gasteiger partial charge in [-0.25, -0.2) is 8.42 Å². The number of ether oxygens (including phenoxy) is 1. The van der Waals surface area contributed by atoms with Crippen molar-refractivity contribution in [2.45, 2.75) is 26.3 Å². The molecule has 2 rings (SSSR count). The number of amides is 1. The first kappa shape index (κ1) is 15.8. The summed E-state index contributed by atoms with van der Waals surface area (Å²) in [7, 11) is -1.35. The molecule has 1 atom stereocenters. The van der Waals surface area contributed by atoms with Gasteiger partial charge in [0.1, 0.15) is 5.75 Å². The lowest BCUT2D eigenvalue weighted by atomic mass is 10.1. The van der Waals surface area contributed by atoms with Crippen molar-refractivity contribution in [3.63, 3.8) is 0 Å². The highest BCUT2D eigenvalue weighted by Crippen LogP contribution is 2.18. The first-order valence-corrected chi connectivity index (χ1v) is 8.77. The first-order valence-electron chi connectivity index (χ1n) is 6.94. The Morgan fingerprint density at radius 2 is 2.05 bits per heavy atom. The van der Waals surface area contributed by atoms with Gasteiger partial charge in [0, 0.05) is 13.1 Å². The molecule has 6 heteroatoms.